The molecule has 0 aromatic rings. The van der Waals surface area contributed by atoms with Gasteiger partial charge in [-0.2, -0.15) is 0 Å². The van der Waals surface area contributed by atoms with Gasteiger partial charge in [0.05, 0.1) is 12.3 Å². The smallest absolute Gasteiger partial charge is 0.207 e. The molecule has 0 aromatic carbocycles. The average Bonchev–Trinajstić information content (AvgIpc) is 1.88. The van der Waals surface area contributed by atoms with Crippen LogP contribution in [-0.2, 0) is 4.74 Å². The topological polar surface area (TPSA) is 33.3 Å². The summed E-state index contributed by atoms with van der Waals surface area (Å²) in [5.41, 5.74) is 0. The van der Waals surface area contributed by atoms with Gasteiger partial charge >= 0.3 is 0 Å². The van der Waals surface area contributed by atoms with Crippen molar-refractivity contribution in [1.29, 1.82) is 0 Å². The van der Waals surface area contributed by atoms with E-state index in [0.29, 0.717) is 0 Å². The molecule has 3 nitrogen and oxygen atoms in total. The van der Waals surface area contributed by atoms with Gasteiger partial charge in [-0.1, -0.05) is 0 Å². The zero-order chi connectivity index (χ0) is 7.40. The quantitative estimate of drug-likeness (QED) is 0.597. The van der Waals surface area contributed by atoms with Crippen molar-refractivity contribution in [3.63, 3.8) is 0 Å². The van der Waals surface area contributed by atoms with Crippen molar-refractivity contribution in [2.24, 2.45) is 0 Å². The monoisotopic (exact) mass is 140 g/mol. The van der Waals surface area contributed by atoms with Crippen LogP contribution in [0.4, 0.5) is 0 Å². The molecule has 0 radical (unpaired) electrons. The van der Waals surface area contributed by atoms with Crippen molar-refractivity contribution in [2.75, 3.05) is 0 Å². The van der Waals surface area contributed by atoms with Crippen molar-refractivity contribution in [3.8, 4) is 0 Å². The van der Waals surface area contributed by atoms with Crippen molar-refractivity contribution in [3.05, 3.63) is 24.5 Å². The summed E-state index contributed by atoms with van der Waals surface area (Å²) in [7, 11) is 0. The molecular weight excluding hydrogens is 128 g/mol. The Morgan fingerprint density at radius 3 is 2.70 bits per heavy atom. The number of nitrogens with one attached hydrogen (secondary N) is 2. The van der Waals surface area contributed by atoms with Crippen LogP contribution in [0.3, 0.4) is 0 Å². The molecule has 2 N–H and O–H groups in total. The van der Waals surface area contributed by atoms with Crippen molar-refractivity contribution in [2.45, 2.75) is 20.0 Å². The van der Waals surface area contributed by atoms with Crippen LogP contribution in [0.1, 0.15) is 13.8 Å². The van der Waals surface area contributed by atoms with Gasteiger partial charge in [-0.3, -0.25) is 0 Å². The van der Waals surface area contributed by atoms with Gasteiger partial charge in [0, 0.05) is 12.4 Å². The molecule has 0 amide bonds. The molecule has 3 heteroatoms. The third-order valence-corrected chi connectivity index (χ3v) is 0.982. The molecule has 0 unspecified atom stereocenters. The van der Waals surface area contributed by atoms with Crippen molar-refractivity contribution >= 4 is 0 Å². The summed E-state index contributed by atoms with van der Waals surface area (Å²) in [6.07, 6.45) is 5.58. The first-order valence-electron chi connectivity index (χ1n) is 3.33. The lowest BCUT2D eigenvalue weighted by molar-refractivity contribution is 0.133. The van der Waals surface area contributed by atoms with Crippen LogP contribution in [0.15, 0.2) is 24.5 Å². The molecule has 0 spiro atoms. The van der Waals surface area contributed by atoms with Crippen LogP contribution in [-0.4, -0.2) is 6.10 Å². The molecule has 0 bridgehead atoms. The first-order chi connectivity index (χ1) is 4.79. The SMILES string of the molecule is CC(C)OC1=CNC=CN1. The second kappa shape index (κ2) is 3.15. The van der Waals surface area contributed by atoms with E-state index in [4.69, 9.17) is 4.74 Å². The van der Waals surface area contributed by atoms with E-state index in [1.165, 1.54) is 0 Å². The lowest BCUT2D eigenvalue weighted by Crippen LogP contribution is -2.19. The van der Waals surface area contributed by atoms with Gasteiger partial charge in [0.1, 0.15) is 0 Å². The van der Waals surface area contributed by atoms with Gasteiger partial charge in [-0.25, -0.2) is 0 Å². The molecule has 0 fully saturated rings. The largest absolute Gasteiger partial charge is 0.475 e. The zero-order valence-electron chi connectivity index (χ0n) is 6.22. The molecule has 0 atom stereocenters. The number of hydrogen-bond acceptors (Lipinski definition) is 3. The van der Waals surface area contributed by atoms with Gasteiger partial charge < -0.3 is 15.4 Å². The normalized spacial score (nSPS) is 15.7. The molecule has 56 valence electrons. The predicted octanol–water partition coefficient (Wildman–Crippen LogP) is 0.874. The van der Waals surface area contributed by atoms with E-state index >= 15 is 0 Å². The Kier molecular flexibility index (Phi) is 2.20. The maximum atomic E-state index is 5.33. The third kappa shape index (κ3) is 2.01. The Bertz CT molecular complexity index is 161. The maximum Gasteiger partial charge on any atom is 0.207 e. The molecule has 0 aliphatic carbocycles. The van der Waals surface area contributed by atoms with Crippen LogP contribution >= 0.6 is 0 Å². The summed E-state index contributed by atoms with van der Waals surface area (Å²) in [5.74, 6) is 0.762. The van der Waals surface area contributed by atoms with E-state index in [1.807, 2.05) is 13.8 Å². The molecule has 10 heavy (non-hydrogen) atoms. The number of hydrogen-bond donors (Lipinski definition) is 2. The van der Waals surface area contributed by atoms with Crippen LogP contribution in [0.2, 0.25) is 0 Å². The molecule has 1 aliphatic rings. The minimum Gasteiger partial charge on any atom is -0.475 e. The Morgan fingerprint density at radius 2 is 2.20 bits per heavy atom. The predicted molar refractivity (Wildman–Crippen MR) is 39.7 cm³/mol. The van der Waals surface area contributed by atoms with Crippen LogP contribution in [0, 0.1) is 0 Å². The second-order valence-electron chi connectivity index (χ2n) is 2.32. The Labute approximate surface area is 60.8 Å². The lowest BCUT2D eigenvalue weighted by Gasteiger charge is -2.15. The summed E-state index contributed by atoms with van der Waals surface area (Å²) in [5, 5.41) is 5.86. The van der Waals surface area contributed by atoms with Gasteiger partial charge in [-0.15, -0.1) is 0 Å². The van der Waals surface area contributed by atoms with E-state index in [-0.39, 0.29) is 6.10 Å². The fraction of sp³-hybridized carbons (Fsp3) is 0.429. The molecule has 1 heterocycles. The highest BCUT2D eigenvalue weighted by Crippen LogP contribution is 1.98. The summed E-state index contributed by atoms with van der Waals surface area (Å²) in [4.78, 5) is 0. The van der Waals surface area contributed by atoms with Crippen molar-refractivity contribution in [1.82, 2.24) is 10.6 Å². The average molecular weight is 140 g/mol. The van der Waals surface area contributed by atoms with Gasteiger partial charge in [0.25, 0.3) is 0 Å². The van der Waals surface area contributed by atoms with Crippen LogP contribution in [0.25, 0.3) is 0 Å². The first-order valence-corrected chi connectivity index (χ1v) is 3.33. The standard InChI is InChI=1S/C7H12N2O/c1-6(2)10-7-5-8-3-4-9-7/h3-6,8-9H,1-2H3. The van der Waals surface area contributed by atoms with Gasteiger partial charge in [0.2, 0.25) is 5.88 Å². The Morgan fingerprint density at radius 1 is 1.40 bits per heavy atom. The minimum atomic E-state index is 0.215. The number of rotatable bonds is 2. The van der Waals surface area contributed by atoms with Crippen LogP contribution < -0.4 is 10.6 Å². The summed E-state index contributed by atoms with van der Waals surface area (Å²) >= 11 is 0. The van der Waals surface area contributed by atoms with E-state index in [1.54, 1.807) is 18.6 Å². The van der Waals surface area contributed by atoms with E-state index in [2.05, 4.69) is 10.6 Å². The second-order valence-corrected chi connectivity index (χ2v) is 2.32. The third-order valence-electron chi connectivity index (χ3n) is 0.982. The molecular formula is C7H12N2O. The van der Waals surface area contributed by atoms with E-state index < -0.39 is 0 Å². The zero-order valence-corrected chi connectivity index (χ0v) is 6.22. The van der Waals surface area contributed by atoms with Gasteiger partial charge in [-0.05, 0) is 13.8 Å². The molecule has 1 rings (SSSR count). The lowest BCUT2D eigenvalue weighted by atomic mass is 10.5. The van der Waals surface area contributed by atoms with Crippen molar-refractivity contribution < 1.29 is 4.74 Å². The highest BCUT2D eigenvalue weighted by molar-refractivity contribution is 5.02. The summed E-state index contributed by atoms with van der Waals surface area (Å²) < 4.78 is 5.33. The molecule has 0 saturated carbocycles. The van der Waals surface area contributed by atoms with E-state index in [9.17, 15) is 0 Å². The fourth-order valence-electron chi connectivity index (χ4n) is 0.659. The number of ether oxygens (including phenoxy) is 1. The minimum absolute atomic E-state index is 0.215. The van der Waals surface area contributed by atoms with Gasteiger partial charge in [0.15, 0.2) is 0 Å². The molecule has 0 aromatic heterocycles. The first kappa shape index (κ1) is 6.99. The Balaban J connectivity index is 2.34. The highest BCUT2D eigenvalue weighted by atomic mass is 16.5. The van der Waals surface area contributed by atoms with Crippen LogP contribution in [0.5, 0.6) is 0 Å². The molecule has 0 saturated heterocycles. The van der Waals surface area contributed by atoms with E-state index in [0.717, 1.165) is 5.88 Å². The fourth-order valence-corrected chi connectivity index (χ4v) is 0.659. The maximum absolute atomic E-state index is 5.33. The summed E-state index contributed by atoms with van der Waals surface area (Å²) in [6, 6.07) is 0. The molecule has 1 aliphatic heterocycles. The highest BCUT2D eigenvalue weighted by Gasteiger charge is 1.99. The Hall–Kier alpha value is -1.12. The summed E-state index contributed by atoms with van der Waals surface area (Å²) in [6.45, 7) is 3.97.